The van der Waals surface area contributed by atoms with Crippen LogP contribution in [-0.2, 0) is 4.79 Å². The second-order valence-corrected chi connectivity index (χ2v) is 4.68. The zero-order valence-corrected chi connectivity index (χ0v) is 10.3. The number of carbonyl (C=O) groups is 1. The van der Waals surface area contributed by atoms with Gasteiger partial charge >= 0.3 is 5.97 Å². The zero-order valence-electron chi connectivity index (χ0n) is 10.3. The van der Waals surface area contributed by atoms with Crippen LogP contribution in [-0.4, -0.2) is 28.1 Å². The van der Waals surface area contributed by atoms with Crippen LogP contribution in [0.2, 0.25) is 0 Å². The molecule has 2 atom stereocenters. The predicted octanol–water partition coefficient (Wildman–Crippen LogP) is 2.67. The Balaban J connectivity index is 2.28. The third-order valence-corrected chi connectivity index (χ3v) is 3.94. The highest BCUT2D eigenvalue weighted by Crippen LogP contribution is 2.39. The van der Waals surface area contributed by atoms with E-state index in [1.807, 2.05) is 26.0 Å². The number of carboxylic acids is 1. The average molecular weight is 237 g/mol. The SMILES string of the molecule is CCC1(C(=O)O)CCCN1C(C)c1ccco1. The summed E-state index contributed by atoms with van der Waals surface area (Å²) in [5.41, 5.74) is -0.716. The molecule has 0 amide bonds. The first-order chi connectivity index (χ1) is 8.12. The monoisotopic (exact) mass is 237 g/mol. The molecule has 4 heteroatoms. The summed E-state index contributed by atoms with van der Waals surface area (Å²) in [7, 11) is 0. The molecule has 2 rings (SSSR count). The van der Waals surface area contributed by atoms with Gasteiger partial charge in [-0.25, -0.2) is 0 Å². The smallest absolute Gasteiger partial charge is 0.324 e. The van der Waals surface area contributed by atoms with Gasteiger partial charge in [0, 0.05) is 6.54 Å². The Morgan fingerprint density at radius 1 is 1.71 bits per heavy atom. The molecule has 0 radical (unpaired) electrons. The maximum Gasteiger partial charge on any atom is 0.324 e. The number of carboxylic acid groups (broad SMARTS) is 1. The normalized spacial score (nSPS) is 27.2. The maximum absolute atomic E-state index is 11.6. The van der Waals surface area contributed by atoms with Gasteiger partial charge in [-0.1, -0.05) is 6.92 Å². The second kappa shape index (κ2) is 4.53. The first-order valence-electron chi connectivity index (χ1n) is 6.15. The molecule has 1 N–H and O–H groups in total. The number of hydrogen-bond acceptors (Lipinski definition) is 3. The summed E-state index contributed by atoms with van der Waals surface area (Å²) in [5, 5.41) is 9.51. The minimum atomic E-state index is -0.716. The number of hydrogen-bond donors (Lipinski definition) is 1. The first kappa shape index (κ1) is 12.2. The zero-order chi connectivity index (χ0) is 12.5. The summed E-state index contributed by atoms with van der Waals surface area (Å²) in [6.07, 6.45) is 3.93. The largest absolute Gasteiger partial charge is 0.480 e. The molecular weight excluding hydrogens is 218 g/mol. The molecule has 17 heavy (non-hydrogen) atoms. The van der Waals surface area contributed by atoms with Gasteiger partial charge in [0.25, 0.3) is 0 Å². The third kappa shape index (κ3) is 1.86. The lowest BCUT2D eigenvalue weighted by Crippen LogP contribution is -2.50. The Hall–Kier alpha value is -1.29. The fraction of sp³-hybridized carbons (Fsp3) is 0.615. The van der Waals surface area contributed by atoms with E-state index in [0.717, 1.165) is 25.1 Å². The van der Waals surface area contributed by atoms with E-state index < -0.39 is 11.5 Å². The van der Waals surface area contributed by atoms with Crippen molar-refractivity contribution in [2.45, 2.75) is 44.7 Å². The van der Waals surface area contributed by atoms with Crippen molar-refractivity contribution < 1.29 is 14.3 Å². The molecule has 0 saturated carbocycles. The van der Waals surface area contributed by atoms with Gasteiger partial charge in [-0.15, -0.1) is 0 Å². The summed E-state index contributed by atoms with van der Waals surface area (Å²) in [4.78, 5) is 13.6. The Kier molecular flexibility index (Phi) is 3.24. The van der Waals surface area contributed by atoms with Crippen LogP contribution in [0.5, 0.6) is 0 Å². The molecule has 1 aromatic rings. The summed E-state index contributed by atoms with van der Waals surface area (Å²) in [6, 6.07) is 3.77. The molecule has 1 saturated heterocycles. The predicted molar refractivity (Wildman–Crippen MR) is 63.7 cm³/mol. The highest BCUT2D eigenvalue weighted by Gasteiger charge is 2.48. The van der Waals surface area contributed by atoms with Gasteiger partial charge in [0.2, 0.25) is 0 Å². The Morgan fingerprint density at radius 3 is 3.00 bits per heavy atom. The van der Waals surface area contributed by atoms with Crippen molar-refractivity contribution in [2.75, 3.05) is 6.54 Å². The Bertz CT molecular complexity index is 387. The van der Waals surface area contributed by atoms with E-state index in [9.17, 15) is 9.90 Å². The second-order valence-electron chi connectivity index (χ2n) is 4.68. The Morgan fingerprint density at radius 2 is 2.47 bits per heavy atom. The van der Waals surface area contributed by atoms with Gasteiger partial charge in [-0.3, -0.25) is 9.69 Å². The summed E-state index contributed by atoms with van der Waals surface area (Å²) in [5.74, 6) is 0.127. The summed E-state index contributed by atoms with van der Waals surface area (Å²) in [6.45, 7) is 4.78. The highest BCUT2D eigenvalue weighted by atomic mass is 16.4. The molecule has 4 nitrogen and oxygen atoms in total. The molecule has 0 aliphatic carbocycles. The quantitative estimate of drug-likeness (QED) is 0.874. The van der Waals surface area contributed by atoms with Gasteiger partial charge < -0.3 is 9.52 Å². The van der Waals surface area contributed by atoms with E-state index in [4.69, 9.17) is 4.42 Å². The number of likely N-dealkylation sites (tertiary alicyclic amines) is 1. The van der Waals surface area contributed by atoms with Crippen molar-refractivity contribution >= 4 is 5.97 Å². The van der Waals surface area contributed by atoms with E-state index in [0.29, 0.717) is 6.42 Å². The Labute approximate surface area is 101 Å². The molecule has 0 bridgehead atoms. The van der Waals surface area contributed by atoms with Crippen LogP contribution in [0.25, 0.3) is 0 Å². The number of aliphatic carboxylic acids is 1. The van der Waals surface area contributed by atoms with Gasteiger partial charge in [-0.2, -0.15) is 0 Å². The number of furan rings is 1. The lowest BCUT2D eigenvalue weighted by Gasteiger charge is -2.37. The lowest BCUT2D eigenvalue weighted by atomic mass is 9.91. The van der Waals surface area contributed by atoms with Crippen molar-refractivity contribution in [2.24, 2.45) is 0 Å². The lowest BCUT2D eigenvalue weighted by molar-refractivity contribution is -0.151. The molecule has 2 heterocycles. The van der Waals surface area contributed by atoms with E-state index in [1.54, 1.807) is 6.26 Å². The molecular formula is C13H19NO3. The molecule has 2 unspecified atom stereocenters. The van der Waals surface area contributed by atoms with Gasteiger partial charge in [0.1, 0.15) is 11.3 Å². The van der Waals surface area contributed by atoms with Gasteiger partial charge in [-0.05, 0) is 38.3 Å². The molecule has 1 aliphatic rings. The molecule has 1 aromatic heterocycles. The van der Waals surface area contributed by atoms with Crippen molar-refractivity contribution in [3.63, 3.8) is 0 Å². The van der Waals surface area contributed by atoms with Crippen LogP contribution in [0.4, 0.5) is 0 Å². The maximum atomic E-state index is 11.6. The van der Waals surface area contributed by atoms with Crippen LogP contribution >= 0.6 is 0 Å². The van der Waals surface area contributed by atoms with E-state index in [2.05, 4.69) is 4.90 Å². The van der Waals surface area contributed by atoms with Gasteiger partial charge in [0.05, 0.1) is 12.3 Å². The third-order valence-electron chi connectivity index (χ3n) is 3.94. The number of nitrogens with zero attached hydrogens (tertiary/aromatic N) is 1. The van der Waals surface area contributed by atoms with Crippen molar-refractivity contribution in [3.8, 4) is 0 Å². The van der Waals surface area contributed by atoms with E-state index in [1.165, 1.54) is 0 Å². The molecule has 94 valence electrons. The first-order valence-corrected chi connectivity index (χ1v) is 6.15. The topological polar surface area (TPSA) is 53.7 Å². The fourth-order valence-electron chi connectivity index (χ4n) is 2.91. The van der Waals surface area contributed by atoms with Crippen molar-refractivity contribution in [1.82, 2.24) is 4.90 Å². The molecule has 1 aliphatic heterocycles. The van der Waals surface area contributed by atoms with Gasteiger partial charge in [0.15, 0.2) is 0 Å². The van der Waals surface area contributed by atoms with Crippen LogP contribution in [0.3, 0.4) is 0 Å². The number of rotatable bonds is 4. The van der Waals surface area contributed by atoms with E-state index in [-0.39, 0.29) is 6.04 Å². The van der Waals surface area contributed by atoms with Crippen LogP contribution in [0, 0.1) is 0 Å². The van der Waals surface area contributed by atoms with Crippen LogP contribution in [0.1, 0.15) is 44.9 Å². The molecule has 0 aromatic carbocycles. The average Bonchev–Trinajstić information content (AvgIpc) is 2.97. The standard InChI is InChI=1S/C13H19NO3/c1-3-13(12(15)16)7-5-8-14(13)10(2)11-6-4-9-17-11/h4,6,9-10H,3,5,7-8H2,1-2H3,(H,15,16). The minimum Gasteiger partial charge on any atom is -0.480 e. The summed E-state index contributed by atoms with van der Waals surface area (Å²) < 4.78 is 5.39. The highest BCUT2D eigenvalue weighted by molar-refractivity contribution is 5.79. The van der Waals surface area contributed by atoms with Crippen molar-refractivity contribution in [1.29, 1.82) is 0 Å². The fourth-order valence-corrected chi connectivity index (χ4v) is 2.91. The van der Waals surface area contributed by atoms with Crippen LogP contribution < -0.4 is 0 Å². The molecule has 0 spiro atoms. The van der Waals surface area contributed by atoms with E-state index >= 15 is 0 Å². The summed E-state index contributed by atoms with van der Waals surface area (Å²) >= 11 is 0. The van der Waals surface area contributed by atoms with Crippen molar-refractivity contribution in [3.05, 3.63) is 24.2 Å². The van der Waals surface area contributed by atoms with Crippen LogP contribution in [0.15, 0.2) is 22.8 Å². The molecule has 1 fully saturated rings. The minimum absolute atomic E-state index is 0.0172.